The van der Waals surface area contributed by atoms with Gasteiger partial charge in [0, 0.05) is 12.1 Å². The van der Waals surface area contributed by atoms with E-state index in [2.05, 4.69) is 0 Å². The van der Waals surface area contributed by atoms with Crippen molar-refractivity contribution >= 4 is 6.29 Å². The second-order valence-corrected chi connectivity index (χ2v) is 1.51. The molecule has 0 aliphatic heterocycles. The summed E-state index contributed by atoms with van der Waals surface area (Å²) in [5.74, 6) is 0. The standard InChI is InChI=1S/C6H4NO2/c8-5-6-3-1-2-4-7(6)9/h1-4H. The van der Waals surface area contributed by atoms with Gasteiger partial charge in [0.2, 0.25) is 0 Å². The maximum atomic E-state index is 10.5. The third-order valence-corrected chi connectivity index (χ3v) is 0.929. The Bertz CT molecular complexity index is 222. The van der Waals surface area contributed by atoms with Crippen molar-refractivity contribution in [3.05, 3.63) is 35.3 Å². The summed E-state index contributed by atoms with van der Waals surface area (Å²) >= 11 is 0. The Hall–Kier alpha value is -1.38. The van der Waals surface area contributed by atoms with Crippen LogP contribution in [0.2, 0.25) is 0 Å². The van der Waals surface area contributed by atoms with Crippen LogP contribution >= 0.6 is 0 Å². The van der Waals surface area contributed by atoms with Crippen molar-refractivity contribution < 1.29 is 9.52 Å². The Morgan fingerprint density at radius 1 is 1.56 bits per heavy atom. The average molecular weight is 122 g/mol. The van der Waals surface area contributed by atoms with Gasteiger partial charge in [-0.25, -0.2) is 0 Å². The number of rotatable bonds is 1. The monoisotopic (exact) mass is 122 g/mol. The fourth-order valence-electron chi connectivity index (χ4n) is 0.507. The summed E-state index contributed by atoms with van der Waals surface area (Å²) in [6.45, 7) is 0. The smallest absolute Gasteiger partial charge is 0.304 e. The van der Waals surface area contributed by atoms with E-state index in [0.717, 1.165) is 0 Å². The molecule has 1 rings (SSSR count). The zero-order valence-corrected chi connectivity index (χ0v) is 4.57. The first-order valence-electron chi connectivity index (χ1n) is 2.41. The van der Waals surface area contributed by atoms with Gasteiger partial charge in [0.1, 0.15) is 0 Å². The SMILES string of the molecule is O=[C]c1cccc[n+]1[O-]. The molecule has 0 unspecified atom stereocenters. The molecule has 0 atom stereocenters. The minimum absolute atomic E-state index is 0.0116. The highest BCUT2D eigenvalue weighted by Gasteiger charge is 1.98. The average Bonchev–Trinajstić information content (AvgIpc) is 1.89. The molecule has 3 heteroatoms. The first-order valence-corrected chi connectivity index (χ1v) is 2.41. The minimum atomic E-state index is 0.0116. The van der Waals surface area contributed by atoms with Crippen molar-refractivity contribution in [3.8, 4) is 0 Å². The summed E-state index contributed by atoms with van der Waals surface area (Å²) in [5.41, 5.74) is 0.0116. The number of hydrogen-bond donors (Lipinski definition) is 0. The van der Waals surface area contributed by atoms with Gasteiger partial charge in [-0.1, -0.05) is 0 Å². The van der Waals surface area contributed by atoms with Crippen LogP contribution in [0.4, 0.5) is 0 Å². The molecule has 0 aromatic carbocycles. The largest absolute Gasteiger partial charge is 0.618 e. The van der Waals surface area contributed by atoms with Gasteiger partial charge in [-0.15, -0.1) is 0 Å². The zero-order valence-electron chi connectivity index (χ0n) is 4.57. The molecule has 1 radical (unpaired) electrons. The highest BCUT2D eigenvalue weighted by atomic mass is 16.5. The van der Waals surface area contributed by atoms with E-state index in [9.17, 15) is 10.0 Å². The van der Waals surface area contributed by atoms with E-state index in [-0.39, 0.29) is 5.69 Å². The molecule has 0 saturated carbocycles. The van der Waals surface area contributed by atoms with Gasteiger partial charge < -0.3 is 5.21 Å². The van der Waals surface area contributed by atoms with Crippen molar-refractivity contribution in [1.82, 2.24) is 0 Å². The first-order chi connectivity index (χ1) is 4.34. The predicted molar refractivity (Wildman–Crippen MR) is 30.2 cm³/mol. The molecular weight excluding hydrogens is 118 g/mol. The number of carbonyl (C=O) groups excluding carboxylic acids is 1. The van der Waals surface area contributed by atoms with Crippen LogP contribution in [0.25, 0.3) is 0 Å². The van der Waals surface area contributed by atoms with E-state index in [1.165, 1.54) is 18.5 Å². The van der Waals surface area contributed by atoms with Crippen molar-refractivity contribution in [2.75, 3.05) is 0 Å². The molecule has 0 saturated heterocycles. The maximum Gasteiger partial charge on any atom is 0.304 e. The van der Waals surface area contributed by atoms with Crippen molar-refractivity contribution in [3.63, 3.8) is 0 Å². The van der Waals surface area contributed by atoms with Gasteiger partial charge in [-0.3, -0.25) is 4.79 Å². The molecule has 9 heavy (non-hydrogen) atoms. The molecule has 0 bridgehead atoms. The Balaban J connectivity index is 3.15. The second kappa shape index (κ2) is 2.26. The summed E-state index contributed by atoms with van der Waals surface area (Å²) in [4.78, 5) is 9.88. The summed E-state index contributed by atoms with van der Waals surface area (Å²) in [6.07, 6.45) is 2.75. The zero-order chi connectivity index (χ0) is 6.69. The summed E-state index contributed by atoms with van der Waals surface area (Å²) in [5, 5.41) is 10.5. The van der Waals surface area contributed by atoms with Crippen LogP contribution in [0, 0.1) is 5.21 Å². The summed E-state index contributed by atoms with van der Waals surface area (Å²) < 4.78 is 0.465. The molecule has 0 spiro atoms. The number of aromatic nitrogens is 1. The Labute approximate surface area is 52.1 Å². The highest BCUT2D eigenvalue weighted by Crippen LogP contribution is 1.83. The lowest BCUT2D eigenvalue weighted by Crippen LogP contribution is -2.30. The van der Waals surface area contributed by atoms with E-state index >= 15 is 0 Å². The molecule has 1 heterocycles. The van der Waals surface area contributed by atoms with E-state index < -0.39 is 0 Å². The van der Waals surface area contributed by atoms with Crippen LogP contribution in [-0.2, 0) is 4.79 Å². The van der Waals surface area contributed by atoms with Gasteiger partial charge in [0.05, 0.1) is 0 Å². The molecule has 0 amide bonds. The molecule has 45 valence electrons. The van der Waals surface area contributed by atoms with Crippen molar-refractivity contribution in [2.45, 2.75) is 0 Å². The Kier molecular flexibility index (Phi) is 1.44. The molecule has 1 aromatic heterocycles. The van der Waals surface area contributed by atoms with Gasteiger partial charge in [-0.05, 0) is 6.07 Å². The van der Waals surface area contributed by atoms with Crippen LogP contribution in [-0.4, -0.2) is 6.29 Å². The van der Waals surface area contributed by atoms with E-state index in [0.29, 0.717) is 4.73 Å². The van der Waals surface area contributed by atoms with E-state index in [1.807, 2.05) is 0 Å². The Morgan fingerprint density at radius 2 is 2.33 bits per heavy atom. The topological polar surface area (TPSA) is 44.0 Å². The van der Waals surface area contributed by atoms with Gasteiger partial charge >= 0.3 is 6.29 Å². The summed E-state index contributed by atoms with van der Waals surface area (Å²) in [6, 6.07) is 4.56. The van der Waals surface area contributed by atoms with E-state index in [1.54, 1.807) is 12.1 Å². The number of nitrogens with zero attached hydrogens (tertiary/aromatic N) is 1. The van der Waals surface area contributed by atoms with Crippen LogP contribution in [0.3, 0.4) is 0 Å². The molecule has 0 fully saturated rings. The van der Waals surface area contributed by atoms with Crippen LogP contribution in [0.5, 0.6) is 0 Å². The normalized spacial score (nSPS) is 8.89. The Morgan fingerprint density at radius 3 is 2.78 bits per heavy atom. The first kappa shape index (κ1) is 5.75. The molecule has 0 N–H and O–H groups in total. The van der Waals surface area contributed by atoms with E-state index in [4.69, 9.17) is 0 Å². The summed E-state index contributed by atoms with van der Waals surface area (Å²) in [7, 11) is 0. The molecule has 0 aliphatic rings. The lowest BCUT2D eigenvalue weighted by molar-refractivity contribution is -0.606. The molecule has 3 nitrogen and oxygen atoms in total. The highest BCUT2D eigenvalue weighted by molar-refractivity contribution is 5.69. The maximum absolute atomic E-state index is 10.5. The van der Waals surface area contributed by atoms with Gasteiger partial charge in [0.25, 0.3) is 5.69 Å². The van der Waals surface area contributed by atoms with Gasteiger partial charge in [0.15, 0.2) is 6.20 Å². The lowest BCUT2D eigenvalue weighted by Gasteiger charge is -1.93. The second-order valence-electron chi connectivity index (χ2n) is 1.51. The minimum Gasteiger partial charge on any atom is -0.618 e. The van der Waals surface area contributed by atoms with Gasteiger partial charge in [-0.2, -0.15) is 4.73 Å². The molecular formula is C6H4NO2. The molecule has 1 aromatic rings. The van der Waals surface area contributed by atoms with Crippen LogP contribution < -0.4 is 4.73 Å². The third-order valence-electron chi connectivity index (χ3n) is 0.929. The third kappa shape index (κ3) is 1.05. The molecule has 0 aliphatic carbocycles. The fourth-order valence-corrected chi connectivity index (χ4v) is 0.507. The van der Waals surface area contributed by atoms with Crippen LogP contribution in [0.1, 0.15) is 5.69 Å². The number of hydrogen-bond acceptors (Lipinski definition) is 2. The van der Waals surface area contributed by atoms with Crippen molar-refractivity contribution in [1.29, 1.82) is 0 Å². The quantitative estimate of drug-likeness (QED) is 0.381. The fraction of sp³-hybridized carbons (Fsp3) is 0. The lowest BCUT2D eigenvalue weighted by atomic mass is 10.4. The van der Waals surface area contributed by atoms with Crippen LogP contribution in [0.15, 0.2) is 24.4 Å². The van der Waals surface area contributed by atoms with Crippen molar-refractivity contribution in [2.24, 2.45) is 0 Å². The predicted octanol–water partition coefficient (Wildman–Crippen LogP) is -0.222. The number of pyridine rings is 1.